The summed E-state index contributed by atoms with van der Waals surface area (Å²) in [5.41, 5.74) is 2.00. The van der Waals surface area contributed by atoms with E-state index < -0.39 is 6.04 Å². The Balaban J connectivity index is 1.72. The Morgan fingerprint density at radius 3 is 2.50 bits per heavy atom. The molecule has 0 bridgehead atoms. The molecule has 3 rings (SSSR count). The van der Waals surface area contributed by atoms with E-state index in [-0.39, 0.29) is 18.4 Å². The van der Waals surface area contributed by atoms with Crippen molar-refractivity contribution < 1.29 is 9.59 Å². The van der Waals surface area contributed by atoms with Crippen LogP contribution in [0.4, 0.5) is 0 Å². The third-order valence-electron chi connectivity index (χ3n) is 3.68. The van der Waals surface area contributed by atoms with Gasteiger partial charge in [-0.15, -0.1) is 0 Å². The number of nitrogens with zero attached hydrogens (tertiary/aromatic N) is 2. The van der Waals surface area contributed by atoms with Gasteiger partial charge in [-0.1, -0.05) is 30.3 Å². The number of carbonyl (C=O) groups is 2. The van der Waals surface area contributed by atoms with E-state index in [0.717, 1.165) is 11.1 Å². The van der Waals surface area contributed by atoms with Gasteiger partial charge in [0, 0.05) is 25.4 Å². The lowest BCUT2D eigenvalue weighted by atomic mass is 10.0. The minimum atomic E-state index is -0.495. The molecule has 2 aromatic rings. The molecular formula is C17H17N3O2. The number of aromatic nitrogens is 1. The smallest absolute Gasteiger partial charge is 0.246 e. The highest BCUT2D eigenvalue weighted by atomic mass is 16.2. The zero-order valence-corrected chi connectivity index (χ0v) is 12.1. The van der Waals surface area contributed by atoms with Gasteiger partial charge in [-0.2, -0.15) is 0 Å². The Bertz CT molecular complexity index is 603. The number of amides is 2. The summed E-state index contributed by atoms with van der Waals surface area (Å²) in [6.07, 6.45) is 3.88. The number of hydrogen-bond donors (Lipinski definition) is 1. The molecule has 1 aromatic carbocycles. The van der Waals surface area contributed by atoms with Crippen LogP contribution in [-0.4, -0.2) is 34.3 Å². The fraction of sp³-hybridized carbons (Fsp3) is 0.235. The van der Waals surface area contributed by atoms with Gasteiger partial charge in [0.2, 0.25) is 11.8 Å². The molecule has 1 aliphatic heterocycles. The summed E-state index contributed by atoms with van der Waals surface area (Å²) in [5, 5.41) is 2.79. The first-order valence-corrected chi connectivity index (χ1v) is 7.23. The summed E-state index contributed by atoms with van der Waals surface area (Å²) in [7, 11) is 0. The second kappa shape index (κ2) is 6.39. The summed E-state index contributed by atoms with van der Waals surface area (Å²) in [4.78, 5) is 30.0. The van der Waals surface area contributed by atoms with Crippen molar-refractivity contribution in [3.63, 3.8) is 0 Å². The first kappa shape index (κ1) is 14.3. The van der Waals surface area contributed by atoms with Crippen LogP contribution >= 0.6 is 0 Å². The number of hydrogen-bond acceptors (Lipinski definition) is 3. The average molecular weight is 295 g/mol. The van der Waals surface area contributed by atoms with Crippen molar-refractivity contribution in [3.8, 4) is 0 Å². The number of piperazine rings is 1. The Hall–Kier alpha value is -2.69. The van der Waals surface area contributed by atoms with E-state index >= 15 is 0 Å². The molecule has 1 unspecified atom stereocenters. The van der Waals surface area contributed by atoms with Gasteiger partial charge in [-0.3, -0.25) is 14.6 Å². The van der Waals surface area contributed by atoms with Crippen LogP contribution in [0, 0.1) is 0 Å². The van der Waals surface area contributed by atoms with Gasteiger partial charge in [-0.05, 0) is 23.3 Å². The third kappa shape index (κ3) is 3.31. The summed E-state index contributed by atoms with van der Waals surface area (Å²) in [6.45, 7) is 0.534. The van der Waals surface area contributed by atoms with E-state index in [1.807, 2.05) is 42.5 Å². The van der Waals surface area contributed by atoms with Crippen LogP contribution in [0.1, 0.15) is 11.1 Å². The molecular weight excluding hydrogens is 278 g/mol. The molecule has 22 heavy (non-hydrogen) atoms. The van der Waals surface area contributed by atoms with Crippen LogP contribution in [-0.2, 0) is 22.6 Å². The van der Waals surface area contributed by atoms with Gasteiger partial charge in [0.05, 0.1) is 6.54 Å². The summed E-state index contributed by atoms with van der Waals surface area (Å²) < 4.78 is 0. The Morgan fingerprint density at radius 2 is 1.77 bits per heavy atom. The van der Waals surface area contributed by atoms with Gasteiger partial charge < -0.3 is 10.2 Å². The van der Waals surface area contributed by atoms with Gasteiger partial charge in [-0.25, -0.2) is 0 Å². The van der Waals surface area contributed by atoms with Crippen LogP contribution < -0.4 is 5.32 Å². The molecule has 0 radical (unpaired) electrons. The van der Waals surface area contributed by atoms with E-state index in [9.17, 15) is 9.59 Å². The van der Waals surface area contributed by atoms with Crippen LogP contribution in [0.3, 0.4) is 0 Å². The van der Waals surface area contributed by atoms with Crippen molar-refractivity contribution in [3.05, 3.63) is 66.0 Å². The normalized spacial score (nSPS) is 18.2. The van der Waals surface area contributed by atoms with Crippen molar-refractivity contribution in [1.82, 2.24) is 15.2 Å². The molecule has 2 amide bonds. The average Bonchev–Trinajstić information content (AvgIpc) is 2.54. The molecule has 1 fully saturated rings. The maximum Gasteiger partial charge on any atom is 0.246 e. The fourth-order valence-electron chi connectivity index (χ4n) is 2.60. The summed E-state index contributed by atoms with van der Waals surface area (Å²) >= 11 is 0. The number of rotatable bonds is 4. The van der Waals surface area contributed by atoms with Gasteiger partial charge in [0.15, 0.2) is 0 Å². The summed E-state index contributed by atoms with van der Waals surface area (Å²) in [5.74, 6) is -0.158. The maximum atomic E-state index is 12.6. The third-order valence-corrected chi connectivity index (χ3v) is 3.68. The first-order valence-electron chi connectivity index (χ1n) is 7.23. The molecule has 1 N–H and O–H groups in total. The lowest BCUT2D eigenvalue weighted by Gasteiger charge is -2.32. The Labute approximate surface area is 129 Å². The topological polar surface area (TPSA) is 62.3 Å². The molecule has 1 atom stereocenters. The van der Waals surface area contributed by atoms with E-state index in [2.05, 4.69) is 10.3 Å². The molecule has 0 aliphatic carbocycles. The van der Waals surface area contributed by atoms with E-state index in [4.69, 9.17) is 0 Å². The second-order valence-corrected chi connectivity index (χ2v) is 5.36. The quantitative estimate of drug-likeness (QED) is 0.920. The van der Waals surface area contributed by atoms with Gasteiger partial charge in [0.25, 0.3) is 0 Å². The number of nitrogens with one attached hydrogen (secondary N) is 1. The van der Waals surface area contributed by atoms with Crippen molar-refractivity contribution in [2.45, 2.75) is 19.0 Å². The summed E-state index contributed by atoms with van der Waals surface area (Å²) in [6, 6.07) is 12.9. The van der Waals surface area contributed by atoms with Crippen LogP contribution in [0.2, 0.25) is 0 Å². The molecule has 1 aliphatic rings. The molecule has 1 saturated heterocycles. The largest absolute Gasteiger partial charge is 0.342 e. The lowest BCUT2D eigenvalue weighted by molar-refractivity contribution is -0.144. The molecule has 1 aromatic heterocycles. The lowest BCUT2D eigenvalue weighted by Crippen LogP contribution is -2.58. The van der Waals surface area contributed by atoms with Crippen LogP contribution in [0.15, 0.2) is 54.9 Å². The van der Waals surface area contributed by atoms with Crippen molar-refractivity contribution in [2.24, 2.45) is 0 Å². The molecule has 5 nitrogen and oxygen atoms in total. The van der Waals surface area contributed by atoms with Crippen LogP contribution in [0.25, 0.3) is 0 Å². The highest BCUT2D eigenvalue weighted by molar-refractivity contribution is 5.95. The molecule has 2 heterocycles. The standard InChI is InChI=1S/C17H17N3O2/c21-16-12-20(11-14-6-8-18-9-7-14)17(22)15(19-16)10-13-4-2-1-3-5-13/h1-9,15H,10-12H2,(H,19,21). The minimum absolute atomic E-state index is 0.0414. The fourth-order valence-corrected chi connectivity index (χ4v) is 2.60. The molecule has 0 spiro atoms. The SMILES string of the molecule is O=C1CN(Cc2ccncc2)C(=O)C(Cc2ccccc2)N1. The van der Waals surface area contributed by atoms with Crippen molar-refractivity contribution in [2.75, 3.05) is 6.54 Å². The predicted molar refractivity (Wildman–Crippen MR) is 81.7 cm³/mol. The van der Waals surface area contributed by atoms with Gasteiger partial charge >= 0.3 is 0 Å². The van der Waals surface area contributed by atoms with Crippen LogP contribution in [0.5, 0.6) is 0 Å². The number of pyridine rings is 1. The van der Waals surface area contributed by atoms with Crippen molar-refractivity contribution >= 4 is 11.8 Å². The number of carbonyl (C=O) groups excluding carboxylic acids is 2. The van der Waals surface area contributed by atoms with Crippen molar-refractivity contribution in [1.29, 1.82) is 0 Å². The second-order valence-electron chi connectivity index (χ2n) is 5.36. The van der Waals surface area contributed by atoms with E-state index in [1.165, 1.54) is 0 Å². The molecule has 112 valence electrons. The Morgan fingerprint density at radius 1 is 1.05 bits per heavy atom. The highest BCUT2D eigenvalue weighted by Gasteiger charge is 2.32. The number of benzene rings is 1. The minimum Gasteiger partial charge on any atom is -0.342 e. The zero-order chi connectivity index (χ0) is 15.4. The van der Waals surface area contributed by atoms with E-state index in [0.29, 0.717) is 13.0 Å². The monoisotopic (exact) mass is 295 g/mol. The molecule has 5 heteroatoms. The molecule has 0 saturated carbocycles. The zero-order valence-electron chi connectivity index (χ0n) is 12.1. The van der Waals surface area contributed by atoms with Gasteiger partial charge in [0.1, 0.15) is 6.04 Å². The van der Waals surface area contributed by atoms with E-state index in [1.54, 1.807) is 17.3 Å². The first-order chi connectivity index (χ1) is 10.7. The predicted octanol–water partition coefficient (Wildman–Crippen LogP) is 1.15. The maximum absolute atomic E-state index is 12.6. The highest BCUT2D eigenvalue weighted by Crippen LogP contribution is 2.12. The Kier molecular flexibility index (Phi) is 4.14.